The summed E-state index contributed by atoms with van der Waals surface area (Å²) in [4.78, 5) is 24.6. The third kappa shape index (κ3) is 4.83. The number of alkyl halides is 3. The summed E-state index contributed by atoms with van der Waals surface area (Å²) in [6.07, 6.45) is -4.33. The van der Waals surface area contributed by atoms with Gasteiger partial charge in [0.15, 0.2) is 0 Å². The molecule has 2 atom stereocenters. The number of benzene rings is 2. The lowest BCUT2D eigenvalue weighted by Crippen LogP contribution is -2.52. The van der Waals surface area contributed by atoms with Gasteiger partial charge in [0.05, 0.1) is 10.8 Å². The highest BCUT2D eigenvalue weighted by atomic mass is 32.2. The van der Waals surface area contributed by atoms with Crippen LogP contribution >= 0.6 is 11.8 Å². The first-order valence-electron chi connectivity index (χ1n) is 8.37. The molecular formula is C19H16F4N2O2S. The quantitative estimate of drug-likeness (QED) is 0.755. The highest BCUT2D eigenvalue weighted by Gasteiger charge is 2.34. The maximum Gasteiger partial charge on any atom is 0.416 e. The van der Waals surface area contributed by atoms with Crippen molar-refractivity contribution >= 4 is 29.3 Å². The van der Waals surface area contributed by atoms with E-state index in [0.29, 0.717) is 5.56 Å². The molecule has 4 nitrogen and oxygen atoms in total. The maximum atomic E-state index is 13.8. The summed E-state index contributed by atoms with van der Waals surface area (Å²) in [6.45, 7) is 0. The third-order valence-corrected chi connectivity index (χ3v) is 5.52. The van der Waals surface area contributed by atoms with Gasteiger partial charge < -0.3 is 10.6 Å². The fourth-order valence-electron chi connectivity index (χ4n) is 2.75. The van der Waals surface area contributed by atoms with Gasteiger partial charge in [0.25, 0.3) is 0 Å². The zero-order valence-corrected chi connectivity index (χ0v) is 15.2. The Hall–Kier alpha value is -2.55. The van der Waals surface area contributed by atoms with Gasteiger partial charge in [-0.05, 0) is 36.2 Å². The molecule has 9 heteroatoms. The van der Waals surface area contributed by atoms with Crippen LogP contribution in [0.2, 0.25) is 0 Å². The van der Waals surface area contributed by atoms with Crippen LogP contribution in [0.3, 0.4) is 0 Å². The Balaban J connectivity index is 1.60. The Labute approximate surface area is 162 Å². The molecule has 0 bridgehead atoms. The van der Waals surface area contributed by atoms with Gasteiger partial charge in [-0.2, -0.15) is 13.2 Å². The molecule has 2 aromatic carbocycles. The molecular weight excluding hydrogens is 396 g/mol. The number of carbonyl (C=O) groups is 2. The molecule has 148 valence electrons. The van der Waals surface area contributed by atoms with E-state index in [1.165, 1.54) is 30.0 Å². The first-order valence-corrected chi connectivity index (χ1v) is 9.42. The minimum atomic E-state index is -4.52. The first kappa shape index (κ1) is 20.2. The van der Waals surface area contributed by atoms with Gasteiger partial charge in [-0.1, -0.05) is 24.3 Å². The summed E-state index contributed by atoms with van der Waals surface area (Å²) in [6, 6.07) is 9.52. The van der Waals surface area contributed by atoms with Crippen LogP contribution in [0.25, 0.3) is 0 Å². The van der Waals surface area contributed by atoms with Gasteiger partial charge in [0.2, 0.25) is 11.8 Å². The molecule has 1 fully saturated rings. The van der Waals surface area contributed by atoms with E-state index >= 15 is 0 Å². The zero-order valence-electron chi connectivity index (χ0n) is 14.4. The van der Waals surface area contributed by atoms with E-state index in [2.05, 4.69) is 10.6 Å². The molecule has 1 aliphatic rings. The Kier molecular flexibility index (Phi) is 5.93. The second kappa shape index (κ2) is 8.22. The van der Waals surface area contributed by atoms with E-state index in [9.17, 15) is 27.2 Å². The van der Waals surface area contributed by atoms with Crippen LogP contribution in [-0.2, 0) is 22.2 Å². The van der Waals surface area contributed by atoms with Crippen LogP contribution in [0.5, 0.6) is 0 Å². The van der Waals surface area contributed by atoms with E-state index in [1.54, 1.807) is 18.2 Å². The lowest BCUT2D eigenvalue weighted by atomic mass is 10.1. The summed E-state index contributed by atoms with van der Waals surface area (Å²) in [5.41, 5.74) is -0.480. The first-order chi connectivity index (χ1) is 13.2. The SMILES string of the molecule is O=C(Nc1cccc(C(F)(F)F)c1)[C@@H]1CS[C@@H](Cc2ccccc2F)C(=O)N1. The van der Waals surface area contributed by atoms with Gasteiger partial charge in [-0.3, -0.25) is 9.59 Å². The van der Waals surface area contributed by atoms with Crippen molar-refractivity contribution in [3.63, 3.8) is 0 Å². The van der Waals surface area contributed by atoms with Crippen molar-refractivity contribution in [3.05, 3.63) is 65.5 Å². The molecule has 0 spiro atoms. The van der Waals surface area contributed by atoms with Crippen LogP contribution in [0, 0.1) is 5.82 Å². The van der Waals surface area contributed by atoms with Crippen LogP contribution in [0.15, 0.2) is 48.5 Å². The lowest BCUT2D eigenvalue weighted by molar-refractivity contribution is -0.137. The Morgan fingerprint density at radius 2 is 1.93 bits per heavy atom. The van der Waals surface area contributed by atoms with Crippen molar-refractivity contribution in [1.29, 1.82) is 0 Å². The standard InChI is InChI=1S/C19H16F4N2O2S/c20-14-7-2-1-4-11(14)8-16-18(27)25-15(10-28-16)17(26)24-13-6-3-5-12(9-13)19(21,22)23/h1-7,9,15-16H,8,10H2,(H,24,26)(H,25,27)/t15-,16-/m0/s1. The van der Waals surface area contributed by atoms with Gasteiger partial charge in [0.1, 0.15) is 11.9 Å². The summed E-state index contributed by atoms with van der Waals surface area (Å²) in [5.74, 6) is -1.19. The van der Waals surface area contributed by atoms with Crippen molar-refractivity contribution in [2.45, 2.75) is 23.9 Å². The summed E-state index contributed by atoms with van der Waals surface area (Å²) in [5, 5.41) is 4.40. The fourth-order valence-corrected chi connectivity index (χ4v) is 3.93. The second-order valence-electron chi connectivity index (χ2n) is 6.25. The normalized spacial score (nSPS) is 19.8. The van der Waals surface area contributed by atoms with Crippen LogP contribution in [0.4, 0.5) is 23.2 Å². The summed E-state index contributed by atoms with van der Waals surface area (Å²) >= 11 is 1.21. The summed E-state index contributed by atoms with van der Waals surface area (Å²) in [7, 11) is 0. The number of hydrogen-bond acceptors (Lipinski definition) is 3. The molecule has 3 rings (SSSR count). The topological polar surface area (TPSA) is 58.2 Å². The molecule has 0 unspecified atom stereocenters. The Morgan fingerprint density at radius 3 is 2.61 bits per heavy atom. The van der Waals surface area contributed by atoms with Crippen molar-refractivity contribution in [2.75, 3.05) is 11.1 Å². The van der Waals surface area contributed by atoms with Crippen LogP contribution in [-0.4, -0.2) is 28.9 Å². The minimum Gasteiger partial charge on any atom is -0.343 e. The average Bonchev–Trinajstić information content (AvgIpc) is 2.64. The minimum absolute atomic E-state index is 0.00689. The molecule has 1 saturated heterocycles. The fraction of sp³-hybridized carbons (Fsp3) is 0.263. The van der Waals surface area contributed by atoms with E-state index in [4.69, 9.17) is 0 Å². The van der Waals surface area contributed by atoms with Crippen molar-refractivity contribution < 1.29 is 27.2 Å². The Morgan fingerprint density at radius 1 is 1.18 bits per heavy atom. The molecule has 2 N–H and O–H groups in total. The van der Waals surface area contributed by atoms with Crippen LogP contribution < -0.4 is 10.6 Å². The zero-order chi connectivity index (χ0) is 20.3. The number of hydrogen-bond donors (Lipinski definition) is 2. The smallest absolute Gasteiger partial charge is 0.343 e. The Bertz CT molecular complexity index is 888. The number of amides is 2. The van der Waals surface area contributed by atoms with Gasteiger partial charge in [-0.25, -0.2) is 4.39 Å². The molecule has 2 amide bonds. The molecule has 0 saturated carbocycles. The number of rotatable bonds is 4. The molecule has 0 radical (unpaired) electrons. The number of halogens is 4. The van der Waals surface area contributed by atoms with E-state index in [-0.39, 0.29) is 17.9 Å². The van der Waals surface area contributed by atoms with Crippen molar-refractivity contribution in [3.8, 4) is 0 Å². The van der Waals surface area contributed by atoms with E-state index < -0.39 is 40.7 Å². The van der Waals surface area contributed by atoms with Gasteiger partial charge >= 0.3 is 6.18 Å². The molecule has 0 aromatic heterocycles. The molecule has 1 aliphatic heterocycles. The predicted octanol–water partition coefficient (Wildman–Crippen LogP) is 3.63. The van der Waals surface area contributed by atoms with Crippen LogP contribution in [0.1, 0.15) is 11.1 Å². The van der Waals surface area contributed by atoms with Crippen molar-refractivity contribution in [1.82, 2.24) is 5.32 Å². The number of nitrogens with one attached hydrogen (secondary N) is 2. The third-order valence-electron chi connectivity index (χ3n) is 4.21. The van der Waals surface area contributed by atoms with Gasteiger partial charge in [-0.15, -0.1) is 11.8 Å². The molecule has 1 heterocycles. The largest absolute Gasteiger partial charge is 0.416 e. The maximum absolute atomic E-state index is 13.8. The molecule has 28 heavy (non-hydrogen) atoms. The van der Waals surface area contributed by atoms with Crippen molar-refractivity contribution in [2.24, 2.45) is 0 Å². The number of anilines is 1. The number of thioether (sulfide) groups is 1. The lowest BCUT2D eigenvalue weighted by Gasteiger charge is -2.28. The molecule has 0 aliphatic carbocycles. The predicted molar refractivity (Wildman–Crippen MR) is 98.4 cm³/mol. The second-order valence-corrected chi connectivity index (χ2v) is 7.48. The highest BCUT2D eigenvalue weighted by Crippen LogP contribution is 2.31. The summed E-state index contributed by atoms with van der Waals surface area (Å²) < 4.78 is 52.0. The van der Waals surface area contributed by atoms with E-state index in [1.807, 2.05) is 0 Å². The van der Waals surface area contributed by atoms with Gasteiger partial charge in [0, 0.05) is 11.4 Å². The average molecular weight is 412 g/mol. The monoisotopic (exact) mass is 412 g/mol. The number of carbonyl (C=O) groups excluding carboxylic acids is 2. The highest BCUT2D eigenvalue weighted by molar-refractivity contribution is 8.00. The van der Waals surface area contributed by atoms with E-state index in [0.717, 1.165) is 12.1 Å². The molecule has 2 aromatic rings.